The normalized spacial score (nSPS) is 22.1. The molecule has 0 aromatic rings. The average molecular weight is 242 g/mol. The van der Waals surface area contributed by atoms with Crippen molar-refractivity contribution in [2.75, 3.05) is 6.61 Å². The molecule has 2 atom stereocenters. The summed E-state index contributed by atoms with van der Waals surface area (Å²) in [4.78, 5) is 12.1. The van der Waals surface area contributed by atoms with E-state index in [-0.39, 0.29) is 23.6 Å². The molecule has 1 rings (SSSR count). The highest BCUT2D eigenvalue weighted by atomic mass is 16.6. The van der Waals surface area contributed by atoms with E-state index in [0.717, 1.165) is 19.4 Å². The summed E-state index contributed by atoms with van der Waals surface area (Å²) in [6.07, 6.45) is 1.90. The number of rotatable bonds is 6. The Hall–Kier alpha value is -0.570. The van der Waals surface area contributed by atoms with E-state index >= 15 is 0 Å². The molecule has 3 nitrogen and oxygen atoms in total. The van der Waals surface area contributed by atoms with E-state index in [1.165, 1.54) is 0 Å². The van der Waals surface area contributed by atoms with E-state index in [1.54, 1.807) is 0 Å². The van der Waals surface area contributed by atoms with Gasteiger partial charge in [0.1, 0.15) is 12.2 Å². The standard InChI is InChI=1S/C14H26O3/c1-7-13(3,4)9-14(5,6)12(15)17-10(2)11-8-16-11/h10-11H,7-9H2,1-6H3. The van der Waals surface area contributed by atoms with E-state index in [4.69, 9.17) is 9.47 Å². The van der Waals surface area contributed by atoms with Crippen molar-refractivity contribution in [3.63, 3.8) is 0 Å². The number of hydrogen-bond acceptors (Lipinski definition) is 3. The Kier molecular flexibility index (Phi) is 4.23. The zero-order valence-corrected chi connectivity index (χ0v) is 12.0. The smallest absolute Gasteiger partial charge is 0.311 e. The summed E-state index contributed by atoms with van der Waals surface area (Å²) in [7, 11) is 0. The Morgan fingerprint density at radius 1 is 1.41 bits per heavy atom. The summed E-state index contributed by atoms with van der Waals surface area (Å²) in [5.41, 5.74) is -0.259. The van der Waals surface area contributed by atoms with Gasteiger partial charge in [0.05, 0.1) is 12.0 Å². The summed E-state index contributed by atoms with van der Waals surface area (Å²) in [5, 5.41) is 0. The van der Waals surface area contributed by atoms with Gasteiger partial charge >= 0.3 is 5.97 Å². The number of carbonyl (C=O) groups is 1. The van der Waals surface area contributed by atoms with Crippen LogP contribution in [0.4, 0.5) is 0 Å². The monoisotopic (exact) mass is 242 g/mol. The van der Waals surface area contributed by atoms with Crippen LogP contribution in [0.15, 0.2) is 0 Å². The molecule has 17 heavy (non-hydrogen) atoms. The predicted molar refractivity (Wildman–Crippen MR) is 67.8 cm³/mol. The molecule has 0 radical (unpaired) electrons. The molecule has 0 aromatic carbocycles. The van der Waals surface area contributed by atoms with E-state index < -0.39 is 5.41 Å². The Morgan fingerprint density at radius 2 is 1.94 bits per heavy atom. The van der Waals surface area contributed by atoms with Gasteiger partial charge in [-0.25, -0.2) is 0 Å². The first-order valence-corrected chi connectivity index (χ1v) is 6.51. The third-order valence-corrected chi connectivity index (χ3v) is 3.61. The van der Waals surface area contributed by atoms with Gasteiger partial charge in [0.2, 0.25) is 0 Å². The zero-order chi connectivity index (χ0) is 13.3. The molecule has 0 aliphatic carbocycles. The van der Waals surface area contributed by atoms with Crippen molar-refractivity contribution in [1.82, 2.24) is 0 Å². The zero-order valence-electron chi connectivity index (χ0n) is 12.0. The first kappa shape index (κ1) is 14.5. The lowest BCUT2D eigenvalue weighted by Gasteiger charge is -2.33. The summed E-state index contributed by atoms with van der Waals surface area (Å²) >= 11 is 0. The fourth-order valence-corrected chi connectivity index (χ4v) is 2.12. The second kappa shape index (κ2) is 4.97. The highest BCUT2D eigenvalue weighted by Gasteiger charge is 2.39. The van der Waals surface area contributed by atoms with Gasteiger partial charge in [-0.3, -0.25) is 4.79 Å². The molecule has 1 saturated heterocycles. The van der Waals surface area contributed by atoms with Crippen LogP contribution in [0.2, 0.25) is 0 Å². The fourth-order valence-electron chi connectivity index (χ4n) is 2.12. The molecule has 1 heterocycles. The molecule has 0 bridgehead atoms. The Bertz CT molecular complexity index is 277. The molecule has 1 fully saturated rings. The van der Waals surface area contributed by atoms with Gasteiger partial charge in [-0.05, 0) is 32.6 Å². The molecule has 0 spiro atoms. The van der Waals surface area contributed by atoms with Crippen molar-refractivity contribution in [2.24, 2.45) is 10.8 Å². The lowest BCUT2D eigenvalue weighted by Crippen LogP contribution is -2.35. The molecule has 1 aliphatic heterocycles. The first-order valence-electron chi connectivity index (χ1n) is 6.51. The van der Waals surface area contributed by atoms with E-state index in [9.17, 15) is 4.79 Å². The number of esters is 1. The van der Waals surface area contributed by atoms with Crippen LogP contribution in [0.5, 0.6) is 0 Å². The maximum Gasteiger partial charge on any atom is 0.311 e. The van der Waals surface area contributed by atoms with Crippen LogP contribution < -0.4 is 0 Å². The van der Waals surface area contributed by atoms with Crippen molar-refractivity contribution < 1.29 is 14.3 Å². The molecule has 0 saturated carbocycles. The van der Waals surface area contributed by atoms with E-state index in [1.807, 2.05) is 20.8 Å². The first-order chi connectivity index (χ1) is 7.68. The van der Waals surface area contributed by atoms with Gasteiger partial charge in [-0.1, -0.05) is 27.2 Å². The number of epoxide rings is 1. The molecule has 1 aliphatic rings. The Morgan fingerprint density at radius 3 is 2.35 bits per heavy atom. The lowest BCUT2D eigenvalue weighted by atomic mass is 9.74. The maximum atomic E-state index is 12.1. The van der Waals surface area contributed by atoms with Crippen LogP contribution in [0.1, 0.15) is 54.4 Å². The summed E-state index contributed by atoms with van der Waals surface area (Å²) in [5.74, 6) is -0.109. The maximum absolute atomic E-state index is 12.1. The molecule has 0 aromatic heterocycles. The van der Waals surface area contributed by atoms with Crippen molar-refractivity contribution in [2.45, 2.75) is 66.6 Å². The van der Waals surface area contributed by atoms with Crippen LogP contribution >= 0.6 is 0 Å². The van der Waals surface area contributed by atoms with Gasteiger partial charge < -0.3 is 9.47 Å². The fraction of sp³-hybridized carbons (Fsp3) is 0.929. The highest BCUT2D eigenvalue weighted by Crippen LogP contribution is 2.37. The second-order valence-corrected chi connectivity index (χ2v) is 6.56. The third-order valence-electron chi connectivity index (χ3n) is 3.61. The largest absolute Gasteiger partial charge is 0.459 e. The molecule has 0 N–H and O–H groups in total. The Labute approximate surface area is 105 Å². The predicted octanol–water partition coefficient (Wildman–Crippen LogP) is 3.17. The number of hydrogen-bond donors (Lipinski definition) is 0. The lowest BCUT2D eigenvalue weighted by molar-refractivity contribution is -0.161. The molecular formula is C14H26O3. The van der Waals surface area contributed by atoms with Crippen LogP contribution in [0.3, 0.4) is 0 Å². The van der Waals surface area contributed by atoms with Crippen molar-refractivity contribution in [3.05, 3.63) is 0 Å². The minimum absolute atomic E-state index is 0.109. The van der Waals surface area contributed by atoms with Crippen LogP contribution in [-0.4, -0.2) is 24.8 Å². The highest BCUT2D eigenvalue weighted by molar-refractivity contribution is 5.76. The number of carbonyl (C=O) groups excluding carboxylic acids is 1. The molecule has 2 unspecified atom stereocenters. The van der Waals surface area contributed by atoms with Gasteiger partial charge in [-0.15, -0.1) is 0 Å². The summed E-state index contributed by atoms with van der Waals surface area (Å²) < 4.78 is 10.6. The average Bonchev–Trinajstić information content (AvgIpc) is 2.99. The van der Waals surface area contributed by atoms with Crippen molar-refractivity contribution in [1.29, 1.82) is 0 Å². The van der Waals surface area contributed by atoms with Gasteiger partial charge in [0.15, 0.2) is 0 Å². The van der Waals surface area contributed by atoms with Gasteiger partial charge in [0, 0.05) is 0 Å². The Balaban J connectivity index is 2.52. The minimum Gasteiger partial charge on any atom is -0.459 e. The van der Waals surface area contributed by atoms with Crippen LogP contribution in [0.25, 0.3) is 0 Å². The molecule has 100 valence electrons. The van der Waals surface area contributed by atoms with Crippen LogP contribution in [-0.2, 0) is 14.3 Å². The quantitative estimate of drug-likeness (QED) is 0.530. The number of ether oxygens (including phenoxy) is 2. The molecule has 3 heteroatoms. The minimum atomic E-state index is -0.428. The third kappa shape index (κ3) is 4.30. The molecular weight excluding hydrogens is 216 g/mol. The topological polar surface area (TPSA) is 38.8 Å². The van der Waals surface area contributed by atoms with Gasteiger partial charge in [-0.2, -0.15) is 0 Å². The molecule has 0 amide bonds. The van der Waals surface area contributed by atoms with Gasteiger partial charge in [0.25, 0.3) is 0 Å². The van der Waals surface area contributed by atoms with E-state index in [0.29, 0.717) is 0 Å². The van der Waals surface area contributed by atoms with Crippen molar-refractivity contribution >= 4 is 5.97 Å². The summed E-state index contributed by atoms with van der Waals surface area (Å²) in [6.45, 7) is 13.1. The second-order valence-electron chi connectivity index (χ2n) is 6.56. The van der Waals surface area contributed by atoms with Crippen LogP contribution in [0, 0.1) is 10.8 Å². The van der Waals surface area contributed by atoms with E-state index in [2.05, 4.69) is 20.8 Å². The SMILES string of the molecule is CCC(C)(C)CC(C)(C)C(=O)OC(C)C1CO1. The van der Waals surface area contributed by atoms with Crippen molar-refractivity contribution in [3.8, 4) is 0 Å². The summed E-state index contributed by atoms with van der Waals surface area (Å²) in [6, 6.07) is 0.